The number of rotatable bonds is 5. The number of aromatic nitrogens is 2. The highest BCUT2D eigenvalue weighted by molar-refractivity contribution is 5.77. The summed E-state index contributed by atoms with van der Waals surface area (Å²) in [6, 6.07) is 6.42. The molecule has 0 radical (unpaired) electrons. The van der Waals surface area contributed by atoms with Gasteiger partial charge in [-0.3, -0.25) is 9.58 Å². The van der Waals surface area contributed by atoms with E-state index in [-0.39, 0.29) is 5.82 Å². The molecule has 1 fully saturated rings. The first-order chi connectivity index (χ1) is 11.6. The summed E-state index contributed by atoms with van der Waals surface area (Å²) in [6.07, 6.45) is 1.94. The van der Waals surface area contributed by atoms with Crippen molar-refractivity contribution in [2.75, 3.05) is 32.7 Å². The quantitative estimate of drug-likeness (QED) is 0.672. The Morgan fingerprint density at radius 3 is 2.54 bits per heavy atom. The summed E-state index contributed by atoms with van der Waals surface area (Å²) in [5, 5.41) is 4.64. The summed E-state index contributed by atoms with van der Waals surface area (Å²) in [4.78, 5) is 11.8. The molecule has 2 heterocycles. The molecule has 0 atom stereocenters. The second kappa shape index (κ2) is 7.29. The summed E-state index contributed by atoms with van der Waals surface area (Å²) in [5.74, 6) is 0.684. The maximum absolute atomic E-state index is 13.2. The molecule has 1 saturated heterocycles. The van der Waals surface area contributed by atoms with Crippen LogP contribution in [0.15, 0.2) is 24.3 Å². The zero-order valence-corrected chi connectivity index (χ0v) is 14.0. The average molecular weight is 334 g/mol. The zero-order chi connectivity index (χ0) is 17.1. The number of aryl methyl sites for hydroxylation is 1. The van der Waals surface area contributed by atoms with Gasteiger partial charge in [0, 0.05) is 31.6 Å². The molecule has 0 saturated carbocycles. The Balaban J connectivity index is 1.82. The predicted octanol–water partition coefficient (Wildman–Crippen LogP) is 2.52. The van der Waals surface area contributed by atoms with Gasteiger partial charge in [0.25, 0.3) is 0 Å². The Kier molecular flexibility index (Phi) is 5.13. The van der Waals surface area contributed by atoms with E-state index in [1.807, 2.05) is 7.05 Å². The van der Waals surface area contributed by atoms with E-state index in [1.54, 1.807) is 16.8 Å². The van der Waals surface area contributed by atoms with E-state index in [0.717, 1.165) is 42.8 Å². The van der Waals surface area contributed by atoms with Crippen molar-refractivity contribution >= 4 is 5.82 Å². The Morgan fingerprint density at radius 2 is 1.92 bits per heavy atom. The average Bonchev–Trinajstić information content (AvgIpc) is 2.89. The number of nitrogens with zero attached hydrogens (tertiary/aromatic N) is 3. The fourth-order valence-electron chi connectivity index (χ4n) is 3.22. The van der Waals surface area contributed by atoms with E-state index >= 15 is 0 Å². The minimum absolute atomic E-state index is 0.255. The summed E-state index contributed by atoms with van der Waals surface area (Å²) in [5.41, 5.74) is 9.05. The topological polar surface area (TPSA) is 65.5 Å². The molecular formula is C17H23FN4O2. The van der Waals surface area contributed by atoms with Crippen LogP contribution in [-0.4, -0.2) is 41.6 Å². The van der Waals surface area contributed by atoms with Crippen LogP contribution in [0, 0.1) is 5.82 Å². The molecule has 1 aliphatic heterocycles. The largest absolute Gasteiger partial charge is 0.383 e. The van der Waals surface area contributed by atoms with Gasteiger partial charge in [-0.05, 0) is 30.5 Å². The Bertz CT molecular complexity index is 679. The molecule has 6 nitrogen and oxygen atoms in total. The molecule has 7 heteroatoms. The van der Waals surface area contributed by atoms with Crippen molar-refractivity contribution in [3.8, 4) is 11.1 Å². The molecule has 0 amide bonds. The zero-order valence-electron chi connectivity index (χ0n) is 14.0. The van der Waals surface area contributed by atoms with E-state index in [4.69, 9.17) is 10.6 Å². The van der Waals surface area contributed by atoms with Crippen molar-refractivity contribution in [1.29, 1.82) is 0 Å². The molecule has 24 heavy (non-hydrogen) atoms. The van der Waals surface area contributed by atoms with Crippen molar-refractivity contribution < 1.29 is 14.2 Å². The monoisotopic (exact) mass is 334 g/mol. The number of likely N-dealkylation sites (tertiary alicyclic amines) is 1. The molecule has 0 bridgehead atoms. The predicted molar refractivity (Wildman–Crippen MR) is 89.5 cm³/mol. The van der Waals surface area contributed by atoms with Crippen LogP contribution in [0.3, 0.4) is 0 Å². The Morgan fingerprint density at radius 1 is 1.25 bits per heavy atom. The normalized spacial score (nSPS) is 16.6. The lowest BCUT2D eigenvalue weighted by molar-refractivity contribution is -0.296. The van der Waals surface area contributed by atoms with Crippen LogP contribution >= 0.6 is 0 Å². The van der Waals surface area contributed by atoms with Gasteiger partial charge in [-0.15, -0.1) is 0 Å². The first kappa shape index (κ1) is 16.9. The van der Waals surface area contributed by atoms with Gasteiger partial charge in [-0.25, -0.2) is 14.2 Å². The summed E-state index contributed by atoms with van der Waals surface area (Å²) < 4.78 is 14.9. The standard InChI is InChI=1S/C17H23FN4O2/c1-21-17(19)15(12-3-5-14(18)6-4-12)16(20-21)13-7-9-22(10-8-13)11-24-23-2/h3-6,13H,7-11,19H2,1-2H3. The first-order valence-electron chi connectivity index (χ1n) is 8.06. The molecule has 1 aromatic carbocycles. The van der Waals surface area contributed by atoms with Gasteiger partial charge in [0.15, 0.2) is 0 Å². The molecule has 1 aromatic heterocycles. The maximum Gasteiger partial charge on any atom is 0.135 e. The van der Waals surface area contributed by atoms with Gasteiger partial charge in [0.05, 0.1) is 12.8 Å². The fourth-order valence-corrected chi connectivity index (χ4v) is 3.22. The van der Waals surface area contributed by atoms with Gasteiger partial charge in [0.1, 0.15) is 18.4 Å². The second-order valence-electron chi connectivity index (χ2n) is 6.08. The van der Waals surface area contributed by atoms with Gasteiger partial charge >= 0.3 is 0 Å². The fraction of sp³-hybridized carbons (Fsp3) is 0.471. The number of hydrogen-bond donors (Lipinski definition) is 1. The smallest absolute Gasteiger partial charge is 0.135 e. The van der Waals surface area contributed by atoms with E-state index in [1.165, 1.54) is 19.2 Å². The molecule has 2 aromatic rings. The number of nitrogens with two attached hydrogens (primary N) is 1. The number of piperidine rings is 1. The van der Waals surface area contributed by atoms with Gasteiger partial charge < -0.3 is 5.73 Å². The summed E-state index contributed by atoms with van der Waals surface area (Å²) >= 11 is 0. The third kappa shape index (κ3) is 3.43. The van der Waals surface area contributed by atoms with Crippen molar-refractivity contribution in [1.82, 2.24) is 14.7 Å². The summed E-state index contributed by atoms with van der Waals surface area (Å²) in [7, 11) is 3.35. The Labute approximate surface area is 140 Å². The van der Waals surface area contributed by atoms with Crippen LogP contribution in [0.2, 0.25) is 0 Å². The van der Waals surface area contributed by atoms with Crippen LogP contribution in [0.5, 0.6) is 0 Å². The van der Waals surface area contributed by atoms with E-state index in [9.17, 15) is 4.39 Å². The molecule has 2 N–H and O–H groups in total. The van der Waals surface area contributed by atoms with Crippen molar-refractivity contribution in [3.63, 3.8) is 0 Å². The number of hydrogen-bond acceptors (Lipinski definition) is 5. The second-order valence-corrected chi connectivity index (χ2v) is 6.08. The summed E-state index contributed by atoms with van der Waals surface area (Å²) in [6.45, 7) is 2.29. The van der Waals surface area contributed by atoms with Gasteiger partial charge in [-0.2, -0.15) is 5.10 Å². The van der Waals surface area contributed by atoms with Crippen LogP contribution in [-0.2, 0) is 16.8 Å². The van der Waals surface area contributed by atoms with E-state index in [0.29, 0.717) is 18.5 Å². The highest BCUT2D eigenvalue weighted by Crippen LogP contribution is 2.37. The van der Waals surface area contributed by atoms with E-state index in [2.05, 4.69) is 14.9 Å². The van der Waals surface area contributed by atoms with Crippen LogP contribution in [0.1, 0.15) is 24.5 Å². The van der Waals surface area contributed by atoms with Crippen LogP contribution < -0.4 is 5.73 Å². The van der Waals surface area contributed by atoms with Gasteiger partial charge in [0.2, 0.25) is 0 Å². The molecule has 130 valence electrons. The first-order valence-corrected chi connectivity index (χ1v) is 8.06. The lowest BCUT2D eigenvalue weighted by Crippen LogP contribution is -2.34. The maximum atomic E-state index is 13.2. The molecule has 1 aliphatic rings. The number of halogens is 1. The van der Waals surface area contributed by atoms with Crippen LogP contribution in [0.25, 0.3) is 11.1 Å². The SMILES string of the molecule is COOCN1CCC(c2nn(C)c(N)c2-c2ccc(F)cc2)CC1. The van der Waals surface area contributed by atoms with Crippen molar-refractivity contribution in [3.05, 3.63) is 35.8 Å². The highest BCUT2D eigenvalue weighted by atomic mass is 19.1. The van der Waals surface area contributed by atoms with Gasteiger partial charge in [-0.1, -0.05) is 12.1 Å². The minimum Gasteiger partial charge on any atom is -0.383 e. The molecule has 0 spiro atoms. The van der Waals surface area contributed by atoms with Crippen molar-refractivity contribution in [2.24, 2.45) is 7.05 Å². The Hall–Kier alpha value is -1.96. The number of benzene rings is 1. The van der Waals surface area contributed by atoms with E-state index < -0.39 is 0 Å². The molecule has 0 unspecified atom stereocenters. The number of anilines is 1. The van der Waals surface area contributed by atoms with Crippen LogP contribution in [0.4, 0.5) is 10.2 Å². The third-order valence-electron chi connectivity index (χ3n) is 4.58. The molecule has 3 rings (SSSR count). The molecular weight excluding hydrogens is 311 g/mol. The molecule has 0 aliphatic carbocycles. The highest BCUT2D eigenvalue weighted by Gasteiger charge is 2.27. The van der Waals surface area contributed by atoms with Crippen molar-refractivity contribution in [2.45, 2.75) is 18.8 Å². The third-order valence-corrected chi connectivity index (χ3v) is 4.58. The number of nitrogen functional groups attached to an aromatic ring is 1. The lowest BCUT2D eigenvalue weighted by atomic mass is 9.89. The minimum atomic E-state index is -0.255. The lowest BCUT2D eigenvalue weighted by Gasteiger charge is -2.30.